The number of rotatable bonds is 6. The van der Waals surface area contributed by atoms with Crippen molar-refractivity contribution in [3.8, 4) is 0 Å². The fraction of sp³-hybridized carbons (Fsp3) is 0.429. The molecule has 1 fully saturated rings. The first kappa shape index (κ1) is 23.2. The summed E-state index contributed by atoms with van der Waals surface area (Å²) in [6, 6.07) is 8.52. The van der Waals surface area contributed by atoms with Crippen LogP contribution in [-0.4, -0.2) is 29.3 Å². The molecule has 0 saturated heterocycles. The second-order valence-corrected chi connectivity index (χ2v) is 11.5. The maximum absolute atomic E-state index is 13.6. The van der Waals surface area contributed by atoms with Crippen molar-refractivity contribution in [3.05, 3.63) is 64.2 Å². The highest BCUT2D eigenvalue weighted by Gasteiger charge is 2.65. The van der Waals surface area contributed by atoms with Crippen molar-refractivity contribution in [2.24, 2.45) is 0 Å². The van der Waals surface area contributed by atoms with Crippen LogP contribution in [0.15, 0.2) is 41.3 Å². The number of aryl methyl sites for hydroxylation is 3. The van der Waals surface area contributed by atoms with E-state index in [2.05, 4.69) is 0 Å². The molecule has 1 aliphatic carbocycles. The summed E-state index contributed by atoms with van der Waals surface area (Å²) >= 11 is 0. The molecule has 4 unspecified atom stereocenters. The van der Waals surface area contributed by atoms with E-state index in [9.17, 15) is 21.9 Å². The Balaban J connectivity index is 2.03. The zero-order valence-corrected chi connectivity index (χ0v) is 19.0. The summed E-state index contributed by atoms with van der Waals surface area (Å²) in [7, 11) is -2.62. The van der Waals surface area contributed by atoms with Crippen LogP contribution in [0.25, 0.3) is 0 Å². The highest BCUT2D eigenvalue weighted by Crippen LogP contribution is 2.69. The van der Waals surface area contributed by atoms with Gasteiger partial charge in [-0.25, -0.2) is 0 Å². The number of benzene rings is 2. The number of hydrogen-bond acceptors (Lipinski definition) is 4. The van der Waals surface area contributed by atoms with Crippen LogP contribution in [0.5, 0.6) is 0 Å². The summed E-state index contributed by atoms with van der Waals surface area (Å²) in [4.78, 5) is 0.656. The second kappa shape index (κ2) is 8.23. The second-order valence-electron chi connectivity index (χ2n) is 7.53. The molecular formula is C21H24F3O4PS. The SMILES string of the molecule is COP(=O)(OC)C1C(c2ccc(C(F)(F)F)cc2)C1S(=O)c1c(C)cc(C)cc1C. The summed E-state index contributed by atoms with van der Waals surface area (Å²) < 4.78 is 75.8. The van der Waals surface area contributed by atoms with Crippen molar-refractivity contribution >= 4 is 18.4 Å². The van der Waals surface area contributed by atoms with Crippen LogP contribution in [0.1, 0.15) is 33.7 Å². The molecule has 164 valence electrons. The monoisotopic (exact) mass is 460 g/mol. The molecule has 2 aromatic carbocycles. The molecule has 0 bridgehead atoms. The molecule has 0 N–H and O–H groups in total. The van der Waals surface area contributed by atoms with Gasteiger partial charge >= 0.3 is 13.8 Å². The van der Waals surface area contributed by atoms with E-state index < -0.39 is 47.0 Å². The van der Waals surface area contributed by atoms with Gasteiger partial charge in [-0.3, -0.25) is 8.77 Å². The Morgan fingerprint density at radius 2 is 1.47 bits per heavy atom. The Labute approximate surface area is 176 Å². The Bertz CT molecular complexity index is 989. The van der Waals surface area contributed by atoms with Gasteiger partial charge in [-0.05, 0) is 49.6 Å². The van der Waals surface area contributed by atoms with Crippen molar-refractivity contribution in [1.29, 1.82) is 0 Å². The lowest BCUT2D eigenvalue weighted by atomic mass is 10.1. The van der Waals surface area contributed by atoms with Gasteiger partial charge in [0.05, 0.1) is 27.3 Å². The third kappa shape index (κ3) is 4.15. The fourth-order valence-corrected chi connectivity index (χ4v) is 8.80. The van der Waals surface area contributed by atoms with Gasteiger partial charge in [0.2, 0.25) is 0 Å². The minimum absolute atomic E-state index is 0.501. The highest BCUT2D eigenvalue weighted by molar-refractivity contribution is 7.87. The zero-order chi connectivity index (χ0) is 22.4. The molecule has 0 radical (unpaired) electrons. The lowest BCUT2D eigenvalue weighted by Crippen LogP contribution is -2.09. The topological polar surface area (TPSA) is 52.6 Å². The molecule has 4 atom stereocenters. The molecular weight excluding hydrogens is 436 g/mol. The summed E-state index contributed by atoms with van der Waals surface area (Å²) in [6.07, 6.45) is -4.45. The Hall–Kier alpha value is -1.47. The van der Waals surface area contributed by atoms with Crippen molar-refractivity contribution < 1.29 is 31.0 Å². The van der Waals surface area contributed by atoms with Crippen LogP contribution in [0, 0.1) is 20.8 Å². The zero-order valence-electron chi connectivity index (χ0n) is 17.3. The van der Waals surface area contributed by atoms with Crippen molar-refractivity contribution in [1.82, 2.24) is 0 Å². The van der Waals surface area contributed by atoms with E-state index >= 15 is 0 Å². The predicted octanol–water partition coefficient (Wildman–Crippen LogP) is 5.76. The van der Waals surface area contributed by atoms with Crippen molar-refractivity contribution in [2.75, 3.05) is 14.2 Å². The molecule has 0 aliphatic heterocycles. The molecule has 30 heavy (non-hydrogen) atoms. The minimum Gasteiger partial charge on any atom is -0.312 e. The fourth-order valence-electron chi connectivity index (χ4n) is 4.12. The maximum atomic E-state index is 13.6. The van der Waals surface area contributed by atoms with E-state index in [0.717, 1.165) is 28.8 Å². The quantitative estimate of drug-likeness (QED) is 0.515. The smallest absolute Gasteiger partial charge is 0.312 e. The maximum Gasteiger partial charge on any atom is 0.416 e. The molecule has 1 saturated carbocycles. The minimum atomic E-state index is -4.45. The average molecular weight is 460 g/mol. The lowest BCUT2D eigenvalue weighted by Gasteiger charge is -2.14. The largest absolute Gasteiger partial charge is 0.416 e. The van der Waals surface area contributed by atoms with Gasteiger partial charge in [0.1, 0.15) is 0 Å². The van der Waals surface area contributed by atoms with Crippen LogP contribution in [-0.2, 0) is 30.6 Å². The lowest BCUT2D eigenvalue weighted by molar-refractivity contribution is -0.137. The van der Waals surface area contributed by atoms with E-state index in [-0.39, 0.29) is 0 Å². The van der Waals surface area contributed by atoms with Crippen LogP contribution < -0.4 is 0 Å². The molecule has 0 aromatic heterocycles. The summed E-state index contributed by atoms with van der Waals surface area (Å²) in [6.45, 7) is 5.68. The molecule has 9 heteroatoms. The predicted molar refractivity (Wildman–Crippen MR) is 110 cm³/mol. The van der Waals surface area contributed by atoms with E-state index in [1.54, 1.807) is 0 Å². The van der Waals surface area contributed by atoms with Crippen LogP contribution in [0.2, 0.25) is 0 Å². The van der Waals surface area contributed by atoms with Crippen LogP contribution >= 0.6 is 7.60 Å². The Kier molecular flexibility index (Phi) is 6.36. The molecule has 1 aliphatic rings. The third-order valence-corrected chi connectivity index (χ3v) is 10.2. The third-order valence-electron chi connectivity index (χ3n) is 5.47. The van der Waals surface area contributed by atoms with E-state index in [4.69, 9.17) is 9.05 Å². The van der Waals surface area contributed by atoms with Gasteiger partial charge in [0, 0.05) is 25.0 Å². The average Bonchev–Trinajstić information content (AvgIpc) is 3.42. The van der Waals surface area contributed by atoms with Gasteiger partial charge in [-0.2, -0.15) is 13.2 Å². The Morgan fingerprint density at radius 1 is 0.967 bits per heavy atom. The van der Waals surface area contributed by atoms with Crippen LogP contribution in [0.4, 0.5) is 13.2 Å². The van der Waals surface area contributed by atoms with Gasteiger partial charge in [-0.1, -0.05) is 29.8 Å². The number of alkyl halides is 3. The summed E-state index contributed by atoms with van der Waals surface area (Å²) in [5.74, 6) is -0.501. The van der Waals surface area contributed by atoms with Gasteiger partial charge in [0.25, 0.3) is 0 Å². The highest BCUT2D eigenvalue weighted by atomic mass is 32.2. The molecule has 4 nitrogen and oxygen atoms in total. The van der Waals surface area contributed by atoms with Gasteiger partial charge < -0.3 is 9.05 Å². The summed E-state index contributed by atoms with van der Waals surface area (Å²) in [5.41, 5.74) is 1.80. The van der Waals surface area contributed by atoms with Crippen molar-refractivity contribution in [2.45, 2.75) is 48.7 Å². The van der Waals surface area contributed by atoms with E-state index in [1.165, 1.54) is 26.4 Å². The first-order valence-corrected chi connectivity index (χ1v) is 12.1. The first-order chi connectivity index (χ1) is 13.9. The van der Waals surface area contributed by atoms with E-state index in [1.807, 2.05) is 32.9 Å². The normalized spacial score (nSPS) is 22.7. The number of hydrogen-bond donors (Lipinski definition) is 0. The number of halogens is 3. The van der Waals surface area contributed by atoms with Crippen LogP contribution in [0.3, 0.4) is 0 Å². The Morgan fingerprint density at radius 3 is 1.90 bits per heavy atom. The van der Waals surface area contributed by atoms with Gasteiger partial charge in [0.15, 0.2) is 0 Å². The molecule has 0 heterocycles. The molecule has 3 rings (SSSR count). The van der Waals surface area contributed by atoms with Crippen molar-refractivity contribution in [3.63, 3.8) is 0 Å². The first-order valence-electron chi connectivity index (χ1n) is 9.31. The standard InChI is InChI=1S/C21H24F3O4PS/c1-12-10-13(2)19(14(3)11-12)30(26)20-17(18(20)29(25,27-4)28-5)15-6-8-16(9-7-15)21(22,23)24/h6-11,17-18,20H,1-5H3. The molecule has 2 aromatic rings. The molecule has 0 spiro atoms. The molecule has 0 amide bonds. The van der Waals surface area contributed by atoms with E-state index in [0.29, 0.717) is 10.5 Å². The van der Waals surface area contributed by atoms with Gasteiger partial charge in [-0.15, -0.1) is 0 Å². The summed E-state index contributed by atoms with van der Waals surface area (Å²) in [5, 5.41) is -0.590.